The number of hydrogen-bond acceptors (Lipinski definition) is 3. The summed E-state index contributed by atoms with van der Waals surface area (Å²) in [4.78, 5) is 26.5. The van der Waals surface area contributed by atoms with E-state index in [0.717, 1.165) is 4.57 Å². The number of ether oxygens (including phenoxy) is 1. The molecule has 1 N–H and O–H groups in total. The molecule has 18 heavy (non-hydrogen) atoms. The molecule has 0 fully saturated rings. The Labute approximate surface area is 104 Å². The minimum atomic E-state index is -0.453. The lowest BCUT2D eigenvalue weighted by atomic mass is 10.2. The summed E-state index contributed by atoms with van der Waals surface area (Å²) >= 11 is 0. The molecule has 0 radical (unpaired) electrons. The Morgan fingerprint density at radius 3 is 2.78 bits per heavy atom. The maximum absolute atomic E-state index is 12.1. The van der Waals surface area contributed by atoms with Crippen molar-refractivity contribution in [1.29, 1.82) is 0 Å². The van der Waals surface area contributed by atoms with Crippen LogP contribution in [-0.2, 0) is 6.42 Å². The Kier molecular flexibility index (Phi) is 3.32. The number of H-pyrrole nitrogens is 1. The van der Waals surface area contributed by atoms with Crippen LogP contribution in [0.2, 0.25) is 0 Å². The highest BCUT2D eigenvalue weighted by Crippen LogP contribution is 2.13. The number of methoxy groups -OCH3 is 1. The van der Waals surface area contributed by atoms with Crippen molar-refractivity contribution in [3.63, 3.8) is 0 Å². The van der Waals surface area contributed by atoms with Crippen LogP contribution in [0.5, 0.6) is 5.75 Å². The van der Waals surface area contributed by atoms with Crippen LogP contribution in [-0.4, -0.2) is 16.7 Å². The largest absolute Gasteiger partial charge is 0.497 e. The van der Waals surface area contributed by atoms with Crippen LogP contribution in [0.25, 0.3) is 5.69 Å². The first-order valence-electron chi connectivity index (χ1n) is 5.65. The molecule has 1 aromatic carbocycles. The van der Waals surface area contributed by atoms with Crippen molar-refractivity contribution in [2.45, 2.75) is 13.3 Å². The highest BCUT2D eigenvalue weighted by atomic mass is 16.5. The Morgan fingerprint density at radius 1 is 1.33 bits per heavy atom. The van der Waals surface area contributed by atoms with Gasteiger partial charge in [0.25, 0.3) is 5.56 Å². The van der Waals surface area contributed by atoms with Gasteiger partial charge >= 0.3 is 5.69 Å². The standard InChI is InChI=1S/C13H14N2O3/c1-3-9-8-14-13(17)15(12(9)16)10-5-4-6-11(7-10)18-2/h4-8H,3H2,1-2H3,(H,14,17). The summed E-state index contributed by atoms with van der Waals surface area (Å²) in [5, 5.41) is 0. The number of hydrogen-bond donors (Lipinski definition) is 1. The molecule has 0 bridgehead atoms. The van der Waals surface area contributed by atoms with E-state index in [9.17, 15) is 9.59 Å². The third-order valence-electron chi connectivity index (χ3n) is 2.74. The molecule has 0 saturated heterocycles. The monoisotopic (exact) mass is 246 g/mol. The molecule has 2 rings (SSSR count). The van der Waals surface area contributed by atoms with Crippen molar-refractivity contribution in [2.24, 2.45) is 0 Å². The van der Waals surface area contributed by atoms with Gasteiger partial charge in [0.05, 0.1) is 12.8 Å². The molecule has 0 aliphatic carbocycles. The van der Waals surface area contributed by atoms with E-state index in [2.05, 4.69) is 4.98 Å². The van der Waals surface area contributed by atoms with Gasteiger partial charge in [0.2, 0.25) is 0 Å². The Balaban J connectivity index is 2.70. The van der Waals surface area contributed by atoms with Crippen molar-refractivity contribution in [3.05, 3.63) is 56.9 Å². The zero-order chi connectivity index (χ0) is 13.1. The highest BCUT2D eigenvalue weighted by molar-refractivity contribution is 5.39. The summed E-state index contributed by atoms with van der Waals surface area (Å²) in [6.45, 7) is 1.87. The molecular weight excluding hydrogens is 232 g/mol. The Morgan fingerprint density at radius 2 is 2.11 bits per heavy atom. The van der Waals surface area contributed by atoms with Gasteiger partial charge < -0.3 is 9.72 Å². The maximum Gasteiger partial charge on any atom is 0.333 e. The van der Waals surface area contributed by atoms with Crippen molar-refractivity contribution in [1.82, 2.24) is 9.55 Å². The first kappa shape index (κ1) is 12.2. The van der Waals surface area contributed by atoms with E-state index in [0.29, 0.717) is 23.4 Å². The second kappa shape index (κ2) is 4.91. The van der Waals surface area contributed by atoms with Gasteiger partial charge in [-0.3, -0.25) is 4.79 Å². The van der Waals surface area contributed by atoms with Crippen LogP contribution < -0.4 is 16.0 Å². The van der Waals surface area contributed by atoms with Crippen LogP contribution in [0.3, 0.4) is 0 Å². The lowest BCUT2D eigenvalue weighted by Crippen LogP contribution is -2.35. The molecule has 5 heteroatoms. The van der Waals surface area contributed by atoms with Crippen LogP contribution >= 0.6 is 0 Å². The summed E-state index contributed by atoms with van der Waals surface area (Å²) in [7, 11) is 1.54. The Hall–Kier alpha value is -2.30. The first-order chi connectivity index (χ1) is 8.67. The smallest absolute Gasteiger partial charge is 0.333 e. The van der Waals surface area contributed by atoms with Crippen molar-refractivity contribution >= 4 is 0 Å². The van der Waals surface area contributed by atoms with Crippen molar-refractivity contribution < 1.29 is 4.74 Å². The van der Waals surface area contributed by atoms with E-state index >= 15 is 0 Å². The van der Waals surface area contributed by atoms with Gasteiger partial charge in [0.1, 0.15) is 5.75 Å². The molecule has 0 aliphatic heterocycles. The van der Waals surface area contributed by atoms with Gasteiger partial charge in [-0.1, -0.05) is 13.0 Å². The predicted octanol–water partition coefficient (Wildman–Crippen LogP) is 1.10. The van der Waals surface area contributed by atoms with Gasteiger partial charge in [0, 0.05) is 17.8 Å². The topological polar surface area (TPSA) is 64.1 Å². The number of nitrogens with zero attached hydrogens (tertiary/aromatic N) is 1. The van der Waals surface area contributed by atoms with Gasteiger partial charge in [-0.05, 0) is 18.6 Å². The first-order valence-corrected chi connectivity index (χ1v) is 5.65. The molecule has 0 saturated carbocycles. The molecule has 2 aromatic rings. The fourth-order valence-electron chi connectivity index (χ4n) is 1.75. The number of aromatic amines is 1. The highest BCUT2D eigenvalue weighted by Gasteiger charge is 2.08. The lowest BCUT2D eigenvalue weighted by Gasteiger charge is -2.07. The fraction of sp³-hybridized carbons (Fsp3) is 0.231. The normalized spacial score (nSPS) is 10.3. The summed E-state index contributed by atoms with van der Waals surface area (Å²) in [6.07, 6.45) is 2.03. The average molecular weight is 246 g/mol. The molecule has 0 amide bonds. The van der Waals surface area contributed by atoms with Crippen molar-refractivity contribution in [2.75, 3.05) is 7.11 Å². The number of benzene rings is 1. The van der Waals surface area contributed by atoms with E-state index in [1.54, 1.807) is 24.3 Å². The lowest BCUT2D eigenvalue weighted by molar-refractivity contribution is 0.414. The summed E-state index contributed by atoms with van der Waals surface area (Å²) in [5.74, 6) is 0.598. The van der Waals surface area contributed by atoms with Gasteiger partial charge in [0.15, 0.2) is 0 Å². The number of nitrogens with one attached hydrogen (secondary N) is 1. The number of rotatable bonds is 3. The third-order valence-corrected chi connectivity index (χ3v) is 2.74. The molecule has 0 spiro atoms. The van der Waals surface area contributed by atoms with E-state index in [1.807, 2.05) is 6.92 Å². The SMILES string of the molecule is CCc1c[nH]c(=O)n(-c2cccc(OC)c2)c1=O. The third kappa shape index (κ3) is 2.07. The zero-order valence-electron chi connectivity index (χ0n) is 10.3. The molecule has 0 unspecified atom stereocenters. The molecule has 1 aromatic heterocycles. The maximum atomic E-state index is 12.1. The van der Waals surface area contributed by atoms with Crippen LogP contribution in [0.4, 0.5) is 0 Å². The molecule has 0 atom stereocenters. The molecule has 1 heterocycles. The van der Waals surface area contributed by atoms with Crippen LogP contribution in [0.15, 0.2) is 40.1 Å². The summed E-state index contributed by atoms with van der Waals surface area (Å²) in [6, 6.07) is 6.83. The Bertz CT molecular complexity index is 670. The average Bonchev–Trinajstić information content (AvgIpc) is 2.39. The van der Waals surface area contributed by atoms with Crippen molar-refractivity contribution in [3.8, 4) is 11.4 Å². The van der Waals surface area contributed by atoms with E-state index in [-0.39, 0.29) is 5.56 Å². The van der Waals surface area contributed by atoms with Crippen LogP contribution in [0, 0.1) is 0 Å². The van der Waals surface area contributed by atoms with E-state index < -0.39 is 5.69 Å². The molecule has 0 aliphatic rings. The quantitative estimate of drug-likeness (QED) is 0.882. The number of aromatic nitrogens is 2. The summed E-state index contributed by atoms with van der Waals surface area (Å²) in [5.41, 5.74) is 0.313. The predicted molar refractivity (Wildman–Crippen MR) is 68.6 cm³/mol. The molecule has 5 nitrogen and oxygen atoms in total. The van der Waals surface area contributed by atoms with E-state index in [1.165, 1.54) is 13.3 Å². The second-order valence-corrected chi connectivity index (χ2v) is 3.81. The summed E-state index contributed by atoms with van der Waals surface area (Å²) < 4.78 is 6.20. The number of aryl methyl sites for hydroxylation is 1. The minimum Gasteiger partial charge on any atom is -0.497 e. The molecule has 94 valence electrons. The van der Waals surface area contributed by atoms with Gasteiger partial charge in [-0.15, -0.1) is 0 Å². The van der Waals surface area contributed by atoms with Gasteiger partial charge in [-0.2, -0.15) is 0 Å². The van der Waals surface area contributed by atoms with Gasteiger partial charge in [-0.25, -0.2) is 9.36 Å². The fourth-order valence-corrected chi connectivity index (χ4v) is 1.75. The van der Waals surface area contributed by atoms with E-state index in [4.69, 9.17) is 4.74 Å². The second-order valence-electron chi connectivity index (χ2n) is 3.81. The molecular formula is C13H14N2O3. The zero-order valence-corrected chi connectivity index (χ0v) is 10.3. The van der Waals surface area contributed by atoms with Crippen LogP contribution in [0.1, 0.15) is 12.5 Å². The minimum absolute atomic E-state index is 0.297.